The highest BCUT2D eigenvalue weighted by molar-refractivity contribution is 5.90. The fourth-order valence-corrected chi connectivity index (χ4v) is 9.05. The van der Waals surface area contributed by atoms with Crippen LogP contribution in [0.15, 0.2) is 78.9 Å². The van der Waals surface area contributed by atoms with E-state index in [1.807, 2.05) is 0 Å². The lowest BCUT2D eigenvalue weighted by molar-refractivity contribution is -0.139. The molecule has 7 rings (SSSR count). The van der Waals surface area contributed by atoms with Gasteiger partial charge in [0.25, 0.3) is 0 Å². The minimum atomic E-state index is -1.02. The summed E-state index contributed by atoms with van der Waals surface area (Å²) in [6.45, 7) is 9.24. The van der Waals surface area contributed by atoms with Gasteiger partial charge in [-0.1, -0.05) is 88.7 Å². The van der Waals surface area contributed by atoms with Gasteiger partial charge in [0, 0.05) is 0 Å². The van der Waals surface area contributed by atoms with E-state index in [1.165, 1.54) is 47.9 Å². The summed E-state index contributed by atoms with van der Waals surface area (Å²) in [5, 5.41) is 9.16. The lowest BCUT2D eigenvalue weighted by Crippen LogP contribution is -2.50. The monoisotopic (exact) mass is 642 g/mol. The summed E-state index contributed by atoms with van der Waals surface area (Å²) in [6, 6.07) is 27.7. The normalized spacial score (nSPS) is 21.9. The average molecular weight is 643 g/mol. The zero-order valence-corrected chi connectivity index (χ0v) is 28.7. The molecule has 0 unspecified atom stereocenters. The first-order chi connectivity index (χ1) is 23.1. The molecule has 0 aliphatic heterocycles. The van der Waals surface area contributed by atoms with Crippen molar-refractivity contribution < 1.29 is 19.4 Å². The summed E-state index contributed by atoms with van der Waals surface area (Å²) in [7, 11) is 1.63. The molecule has 4 aromatic carbocycles. The Hall–Kier alpha value is -4.58. The lowest BCUT2D eigenvalue weighted by Gasteiger charge is -2.56. The number of nitrogens with one attached hydrogen (secondary N) is 1. The number of aromatic amines is 1. The molecular formula is C42H46N2O4. The van der Waals surface area contributed by atoms with Crippen molar-refractivity contribution in [2.75, 3.05) is 13.7 Å². The second kappa shape index (κ2) is 12.5. The standard InChI is InChI=1S/C42H46N2O4/c1-26(2)28-12-16-34-29(22-28)13-19-37-41(3,20-9-21-42(34,37)4)24-33-31(27-10-7-6-8-11-27)15-17-35-39(33)44-40(43-35)32-23-30(48-25-38(45)46)14-18-36(32)47-5/h6-8,10-12,14-18,22-23,26,37H,9,13,19-21,24-25H2,1-5H3,(H,43,44)(H,45,46)/t37-,41+,42+/m0/s1. The predicted octanol–water partition coefficient (Wildman–Crippen LogP) is 9.75. The molecule has 6 heteroatoms. The van der Waals surface area contributed by atoms with Gasteiger partial charge in [0.2, 0.25) is 0 Å². The van der Waals surface area contributed by atoms with E-state index < -0.39 is 12.6 Å². The van der Waals surface area contributed by atoms with E-state index in [0.29, 0.717) is 29.2 Å². The van der Waals surface area contributed by atoms with E-state index in [-0.39, 0.29) is 10.8 Å². The largest absolute Gasteiger partial charge is 0.496 e. The maximum atomic E-state index is 11.2. The minimum Gasteiger partial charge on any atom is -0.496 e. The van der Waals surface area contributed by atoms with Gasteiger partial charge in [-0.3, -0.25) is 0 Å². The number of benzene rings is 4. The summed E-state index contributed by atoms with van der Waals surface area (Å²) in [6.07, 6.45) is 6.88. The molecule has 0 radical (unpaired) electrons. The van der Waals surface area contributed by atoms with Crippen LogP contribution >= 0.6 is 0 Å². The molecule has 1 heterocycles. The number of ether oxygens (including phenoxy) is 2. The molecule has 3 atom stereocenters. The molecule has 48 heavy (non-hydrogen) atoms. The zero-order chi connectivity index (χ0) is 33.6. The molecule has 0 spiro atoms. The first kappa shape index (κ1) is 32.0. The first-order valence-corrected chi connectivity index (χ1v) is 17.3. The van der Waals surface area contributed by atoms with Gasteiger partial charge in [0.05, 0.1) is 23.7 Å². The second-order valence-corrected chi connectivity index (χ2v) is 14.7. The Morgan fingerprint density at radius 1 is 1.00 bits per heavy atom. The van der Waals surface area contributed by atoms with Crippen LogP contribution in [0.2, 0.25) is 0 Å². The molecule has 2 aliphatic rings. The van der Waals surface area contributed by atoms with Crippen molar-refractivity contribution in [3.63, 3.8) is 0 Å². The summed E-state index contributed by atoms with van der Waals surface area (Å²) in [5.41, 5.74) is 11.1. The fraction of sp³-hybridized carbons (Fsp3) is 0.381. The number of rotatable bonds is 9. The Labute approximate surface area is 283 Å². The quantitative estimate of drug-likeness (QED) is 0.167. The Kier molecular flexibility index (Phi) is 8.31. The third kappa shape index (κ3) is 5.65. The number of hydrogen-bond donors (Lipinski definition) is 2. The van der Waals surface area contributed by atoms with Crippen molar-refractivity contribution >= 4 is 17.0 Å². The Bertz CT molecular complexity index is 1980. The number of imidazole rings is 1. The third-order valence-electron chi connectivity index (χ3n) is 11.4. The molecule has 248 valence electrons. The molecule has 1 aromatic heterocycles. The third-order valence-corrected chi connectivity index (χ3v) is 11.4. The second-order valence-electron chi connectivity index (χ2n) is 14.7. The van der Waals surface area contributed by atoms with Crippen molar-refractivity contribution in [2.45, 2.75) is 77.6 Å². The van der Waals surface area contributed by atoms with Gasteiger partial charge in [-0.2, -0.15) is 0 Å². The van der Waals surface area contributed by atoms with Crippen molar-refractivity contribution in [3.8, 4) is 34.0 Å². The number of carboxylic acid groups (broad SMARTS) is 1. The molecule has 1 saturated carbocycles. The number of aliphatic carboxylic acids is 1. The number of fused-ring (bicyclic) bond motifs is 4. The molecule has 0 bridgehead atoms. The highest BCUT2D eigenvalue weighted by Crippen LogP contribution is 2.59. The topological polar surface area (TPSA) is 84.4 Å². The number of H-pyrrole nitrogens is 1. The lowest BCUT2D eigenvalue weighted by atomic mass is 9.48. The van der Waals surface area contributed by atoms with E-state index in [2.05, 4.69) is 93.3 Å². The number of aryl methyl sites for hydroxylation is 1. The van der Waals surface area contributed by atoms with E-state index in [1.54, 1.807) is 36.4 Å². The molecular weight excluding hydrogens is 596 g/mol. The van der Waals surface area contributed by atoms with Crippen molar-refractivity contribution in [1.82, 2.24) is 9.97 Å². The molecule has 0 saturated heterocycles. The Balaban J connectivity index is 1.33. The minimum absolute atomic E-state index is 0.0839. The smallest absolute Gasteiger partial charge is 0.341 e. The van der Waals surface area contributed by atoms with Crippen molar-refractivity contribution in [3.05, 3.63) is 101 Å². The average Bonchev–Trinajstić information content (AvgIpc) is 3.52. The molecule has 1 fully saturated rings. The van der Waals surface area contributed by atoms with Gasteiger partial charge in [0.15, 0.2) is 6.61 Å². The van der Waals surface area contributed by atoms with Crippen LogP contribution in [0.5, 0.6) is 11.5 Å². The van der Waals surface area contributed by atoms with Crippen LogP contribution in [0, 0.1) is 11.3 Å². The molecule has 0 amide bonds. The van der Waals surface area contributed by atoms with Gasteiger partial charge in [-0.05, 0) is 112 Å². The number of nitrogens with zero attached hydrogens (tertiary/aromatic N) is 1. The van der Waals surface area contributed by atoms with Crippen LogP contribution in [-0.2, 0) is 23.1 Å². The number of carboxylic acids is 1. The Morgan fingerprint density at radius 3 is 2.56 bits per heavy atom. The maximum absolute atomic E-state index is 11.2. The van der Waals surface area contributed by atoms with E-state index in [4.69, 9.17) is 19.6 Å². The van der Waals surface area contributed by atoms with Gasteiger partial charge in [0.1, 0.15) is 17.3 Å². The first-order valence-electron chi connectivity index (χ1n) is 17.3. The summed E-state index contributed by atoms with van der Waals surface area (Å²) < 4.78 is 11.2. The van der Waals surface area contributed by atoms with Crippen molar-refractivity contribution in [1.29, 1.82) is 0 Å². The predicted molar refractivity (Wildman–Crippen MR) is 192 cm³/mol. The highest BCUT2D eigenvalue weighted by Gasteiger charge is 2.52. The van der Waals surface area contributed by atoms with Crippen LogP contribution in [0.3, 0.4) is 0 Å². The van der Waals surface area contributed by atoms with Gasteiger partial charge in [-0.25, -0.2) is 9.78 Å². The van der Waals surface area contributed by atoms with Crippen molar-refractivity contribution in [2.24, 2.45) is 11.3 Å². The maximum Gasteiger partial charge on any atom is 0.341 e. The molecule has 2 N–H and O–H groups in total. The van der Waals surface area contributed by atoms with Crippen LogP contribution in [0.4, 0.5) is 0 Å². The number of methoxy groups -OCH3 is 1. The molecule has 2 aliphatic carbocycles. The summed E-state index contributed by atoms with van der Waals surface area (Å²) >= 11 is 0. The fourth-order valence-electron chi connectivity index (χ4n) is 9.05. The summed E-state index contributed by atoms with van der Waals surface area (Å²) in [4.78, 5) is 20.0. The van der Waals surface area contributed by atoms with Gasteiger partial charge in [-0.15, -0.1) is 0 Å². The number of hydrogen-bond acceptors (Lipinski definition) is 4. The van der Waals surface area contributed by atoms with Gasteiger partial charge >= 0.3 is 5.97 Å². The molecule has 5 aromatic rings. The van der Waals surface area contributed by atoms with Gasteiger partial charge < -0.3 is 19.6 Å². The van der Waals surface area contributed by atoms with Crippen LogP contribution in [0.25, 0.3) is 33.5 Å². The zero-order valence-electron chi connectivity index (χ0n) is 28.7. The Morgan fingerprint density at radius 2 is 1.81 bits per heavy atom. The highest BCUT2D eigenvalue weighted by atomic mass is 16.5. The van der Waals surface area contributed by atoms with E-state index >= 15 is 0 Å². The van der Waals surface area contributed by atoms with Crippen LogP contribution < -0.4 is 9.47 Å². The van der Waals surface area contributed by atoms with E-state index in [0.717, 1.165) is 29.4 Å². The number of carbonyl (C=O) groups is 1. The summed E-state index contributed by atoms with van der Waals surface area (Å²) in [5.74, 6) is 1.82. The van der Waals surface area contributed by atoms with Crippen LogP contribution in [0.1, 0.15) is 81.5 Å². The SMILES string of the molecule is COc1ccc(OCC(=O)O)cc1-c1nc2c(C[C@@]3(C)CCC[C@]4(C)c5ccc(C(C)C)cc5CC[C@@H]34)c(-c3ccccc3)ccc2[nH]1. The molecule has 6 nitrogen and oxygen atoms in total. The van der Waals surface area contributed by atoms with Crippen LogP contribution in [-0.4, -0.2) is 34.8 Å². The van der Waals surface area contributed by atoms with E-state index in [9.17, 15) is 4.79 Å². The number of aromatic nitrogens is 2.